The van der Waals surface area contributed by atoms with Crippen LogP contribution in [0.2, 0.25) is 0 Å². The SMILES string of the molecule is Cc1cccc(C(=O)N2CCCc3cc(N)ccc32)c1. The minimum Gasteiger partial charge on any atom is -0.399 e. The van der Waals surface area contributed by atoms with Crippen molar-refractivity contribution < 1.29 is 4.79 Å². The summed E-state index contributed by atoms with van der Waals surface area (Å²) in [5, 5.41) is 0. The van der Waals surface area contributed by atoms with Crippen molar-refractivity contribution in [2.24, 2.45) is 0 Å². The number of carbonyl (C=O) groups excluding carboxylic acids is 1. The smallest absolute Gasteiger partial charge is 0.258 e. The molecule has 1 aliphatic heterocycles. The van der Waals surface area contributed by atoms with Crippen LogP contribution < -0.4 is 10.6 Å². The molecule has 0 radical (unpaired) electrons. The molecule has 2 aromatic rings. The number of aryl methyl sites for hydroxylation is 2. The fourth-order valence-corrected chi connectivity index (χ4v) is 2.76. The van der Waals surface area contributed by atoms with Crippen LogP contribution in [0.3, 0.4) is 0 Å². The first-order valence-electron chi connectivity index (χ1n) is 6.92. The van der Waals surface area contributed by atoms with Gasteiger partial charge in [-0.2, -0.15) is 0 Å². The Kier molecular flexibility index (Phi) is 3.18. The Morgan fingerprint density at radius 3 is 2.85 bits per heavy atom. The molecule has 0 spiro atoms. The van der Waals surface area contributed by atoms with E-state index in [1.165, 1.54) is 0 Å². The van der Waals surface area contributed by atoms with E-state index in [-0.39, 0.29) is 5.91 Å². The zero-order chi connectivity index (χ0) is 14.1. The van der Waals surface area contributed by atoms with Gasteiger partial charge >= 0.3 is 0 Å². The average molecular weight is 266 g/mol. The van der Waals surface area contributed by atoms with Gasteiger partial charge < -0.3 is 10.6 Å². The number of hydrogen-bond donors (Lipinski definition) is 1. The van der Waals surface area contributed by atoms with Crippen LogP contribution in [0.5, 0.6) is 0 Å². The quantitative estimate of drug-likeness (QED) is 0.806. The fraction of sp³-hybridized carbons (Fsp3) is 0.235. The maximum absolute atomic E-state index is 12.7. The summed E-state index contributed by atoms with van der Waals surface area (Å²) in [5.41, 5.74) is 10.6. The summed E-state index contributed by atoms with van der Waals surface area (Å²) < 4.78 is 0. The van der Waals surface area contributed by atoms with Crippen LogP contribution in [0.15, 0.2) is 42.5 Å². The molecular weight excluding hydrogens is 248 g/mol. The molecule has 0 unspecified atom stereocenters. The number of nitrogens with zero attached hydrogens (tertiary/aromatic N) is 1. The highest BCUT2D eigenvalue weighted by Crippen LogP contribution is 2.30. The van der Waals surface area contributed by atoms with Crippen LogP contribution in [0.1, 0.15) is 27.9 Å². The van der Waals surface area contributed by atoms with Gasteiger partial charge in [0.25, 0.3) is 5.91 Å². The van der Waals surface area contributed by atoms with Gasteiger partial charge in [-0.25, -0.2) is 0 Å². The number of fused-ring (bicyclic) bond motifs is 1. The number of hydrogen-bond acceptors (Lipinski definition) is 2. The molecule has 0 atom stereocenters. The monoisotopic (exact) mass is 266 g/mol. The normalized spacial score (nSPS) is 13.9. The summed E-state index contributed by atoms with van der Waals surface area (Å²) in [6.07, 6.45) is 1.96. The van der Waals surface area contributed by atoms with E-state index in [9.17, 15) is 4.79 Å². The molecule has 1 heterocycles. The summed E-state index contributed by atoms with van der Waals surface area (Å²) in [6.45, 7) is 2.77. The Balaban J connectivity index is 1.98. The maximum atomic E-state index is 12.7. The molecule has 102 valence electrons. The molecular formula is C17H18N2O. The van der Waals surface area contributed by atoms with E-state index in [4.69, 9.17) is 5.73 Å². The molecule has 2 N–H and O–H groups in total. The van der Waals surface area contributed by atoms with Crippen molar-refractivity contribution in [3.05, 3.63) is 59.2 Å². The van der Waals surface area contributed by atoms with Crippen LogP contribution in [-0.4, -0.2) is 12.5 Å². The third kappa shape index (κ3) is 2.27. The minimum absolute atomic E-state index is 0.0689. The van der Waals surface area contributed by atoms with Crippen molar-refractivity contribution in [3.63, 3.8) is 0 Å². The topological polar surface area (TPSA) is 46.3 Å². The van der Waals surface area contributed by atoms with Crippen molar-refractivity contribution in [2.75, 3.05) is 17.2 Å². The van der Waals surface area contributed by atoms with Crippen LogP contribution in [0.25, 0.3) is 0 Å². The van der Waals surface area contributed by atoms with Gasteiger partial charge in [0.2, 0.25) is 0 Å². The number of amides is 1. The minimum atomic E-state index is 0.0689. The molecule has 0 bridgehead atoms. The lowest BCUT2D eigenvalue weighted by Crippen LogP contribution is -2.35. The molecule has 1 aliphatic rings. The van der Waals surface area contributed by atoms with E-state index in [1.807, 2.05) is 54.3 Å². The molecule has 2 aromatic carbocycles. The highest BCUT2D eigenvalue weighted by atomic mass is 16.2. The molecule has 3 heteroatoms. The van der Waals surface area contributed by atoms with Crippen molar-refractivity contribution in [3.8, 4) is 0 Å². The number of anilines is 2. The van der Waals surface area contributed by atoms with Gasteiger partial charge in [0, 0.05) is 23.5 Å². The van der Waals surface area contributed by atoms with Crippen molar-refractivity contribution >= 4 is 17.3 Å². The molecule has 0 fully saturated rings. The highest BCUT2D eigenvalue weighted by Gasteiger charge is 2.23. The lowest BCUT2D eigenvalue weighted by atomic mass is 10.00. The van der Waals surface area contributed by atoms with Crippen LogP contribution >= 0.6 is 0 Å². The maximum Gasteiger partial charge on any atom is 0.258 e. The Hall–Kier alpha value is -2.29. The van der Waals surface area contributed by atoms with Crippen molar-refractivity contribution in [1.82, 2.24) is 0 Å². The average Bonchev–Trinajstić information content (AvgIpc) is 2.45. The van der Waals surface area contributed by atoms with E-state index in [0.29, 0.717) is 0 Å². The molecule has 0 aliphatic carbocycles. The predicted octanol–water partition coefficient (Wildman–Crippen LogP) is 3.17. The molecule has 0 saturated carbocycles. The summed E-state index contributed by atoms with van der Waals surface area (Å²) >= 11 is 0. The molecule has 3 rings (SSSR count). The molecule has 0 saturated heterocycles. The van der Waals surface area contributed by atoms with Crippen LogP contribution in [0.4, 0.5) is 11.4 Å². The van der Waals surface area contributed by atoms with Crippen LogP contribution in [0, 0.1) is 6.92 Å². The van der Waals surface area contributed by atoms with Gasteiger partial charge in [-0.1, -0.05) is 17.7 Å². The van der Waals surface area contributed by atoms with E-state index in [1.54, 1.807) is 0 Å². The number of benzene rings is 2. The molecule has 0 aromatic heterocycles. The Morgan fingerprint density at radius 1 is 1.20 bits per heavy atom. The summed E-state index contributed by atoms with van der Waals surface area (Å²) in [4.78, 5) is 14.6. The van der Waals surface area contributed by atoms with Crippen LogP contribution in [-0.2, 0) is 6.42 Å². The second-order valence-electron chi connectivity index (χ2n) is 5.32. The lowest BCUT2D eigenvalue weighted by Gasteiger charge is -2.30. The first-order valence-corrected chi connectivity index (χ1v) is 6.92. The first kappa shape index (κ1) is 12.7. The number of nitrogens with two attached hydrogens (primary N) is 1. The number of nitrogen functional groups attached to an aromatic ring is 1. The summed E-state index contributed by atoms with van der Waals surface area (Å²) in [6, 6.07) is 13.5. The fourth-order valence-electron chi connectivity index (χ4n) is 2.76. The summed E-state index contributed by atoms with van der Waals surface area (Å²) in [7, 11) is 0. The Morgan fingerprint density at radius 2 is 2.05 bits per heavy atom. The number of carbonyl (C=O) groups is 1. The third-order valence-corrected chi connectivity index (χ3v) is 3.73. The second-order valence-corrected chi connectivity index (χ2v) is 5.32. The van der Waals surface area contributed by atoms with E-state index in [2.05, 4.69) is 0 Å². The van der Waals surface area contributed by atoms with Crippen molar-refractivity contribution in [1.29, 1.82) is 0 Å². The predicted molar refractivity (Wildman–Crippen MR) is 82.0 cm³/mol. The second kappa shape index (κ2) is 5.00. The van der Waals surface area contributed by atoms with E-state index >= 15 is 0 Å². The van der Waals surface area contributed by atoms with Gasteiger partial charge in [0.1, 0.15) is 0 Å². The lowest BCUT2D eigenvalue weighted by molar-refractivity contribution is 0.0985. The van der Waals surface area contributed by atoms with E-state index < -0.39 is 0 Å². The van der Waals surface area contributed by atoms with Gasteiger partial charge in [0.05, 0.1) is 0 Å². The largest absolute Gasteiger partial charge is 0.399 e. The standard InChI is InChI=1S/C17H18N2O/c1-12-4-2-5-14(10-12)17(20)19-9-3-6-13-11-15(18)7-8-16(13)19/h2,4-5,7-8,10-11H,3,6,9,18H2,1H3. The first-order chi connectivity index (χ1) is 9.65. The summed E-state index contributed by atoms with van der Waals surface area (Å²) in [5.74, 6) is 0.0689. The van der Waals surface area contributed by atoms with Crippen molar-refractivity contribution in [2.45, 2.75) is 19.8 Å². The Labute approximate surface area is 119 Å². The zero-order valence-electron chi connectivity index (χ0n) is 11.6. The third-order valence-electron chi connectivity index (χ3n) is 3.73. The van der Waals surface area contributed by atoms with E-state index in [0.717, 1.165) is 47.5 Å². The number of rotatable bonds is 1. The highest BCUT2D eigenvalue weighted by molar-refractivity contribution is 6.06. The van der Waals surface area contributed by atoms with Gasteiger partial charge in [-0.05, 0) is 55.7 Å². The Bertz CT molecular complexity index is 664. The zero-order valence-corrected chi connectivity index (χ0v) is 11.6. The van der Waals surface area contributed by atoms with Gasteiger partial charge in [-0.3, -0.25) is 4.79 Å². The van der Waals surface area contributed by atoms with Gasteiger partial charge in [-0.15, -0.1) is 0 Å². The molecule has 3 nitrogen and oxygen atoms in total. The molecule has 1 amide bonds. The molecule has 20 heavy (non-hydrogen) atoms. The van der Waals surface area contributed by atoms with Gasteiger partial charge in [0.15, 0.2) is 0 Å².